The minimum atomic E-state index is -0.341. The molecule has 142 valence electrons. The van der Waals surface area contributed by atoms with Gasteiger partial charge in [-0.05, 0) is 24.3 Å². The van der Waals surface area contributed by atoms with E-state index in [1.54, 1.807) is 35.6 Å². The minimum Gasteiger partial charge on any atom is -0.356 e. The van der Waals surface area contributed by atoms with E-state index in [0.717, 1.165) is 15.2 Å². The fraction of sp³-hybridized carbons (Fsp3) is 0.200. The molecule has 4 rings (SSSR count). The van der Waals surface area contributed by atoms with Gasteiger partial charge >= 0.3 is 0 Å². The number of hydrogen-bond acceptors (Lipinski definition) is 5. The summed E-state index contributed by atoms with van der Waals surface area (Å²) in [5, 5.41) is 7.04. The third-order valence-corrected chi connectivity index (χ3v) is 5.54. The molecule has 7 nitrogen and oxygen atoms in total. The largest absolute Gasteiger partial charge is 0.356 e. The Morgan fingerprint density at radius 2 is 1.82 bits per heavy atom. The number of nitrogens with zero attached hydrogens (tertiary/aromatic N) is 2. The number of benzene rings is 2. The fourth-order valence-electron chi connectivity index (χ4n) is 3.04. The lowest BCUT2D eigenvalue weighted by Gasteiger charge is -2.07. The van der Waals surface area contributed by atoms with Crippen LogP contribution in [0.5, 0.6) is 0 Å². The maximum atomic E-state index is 12.4. The number of carbonyl (C=O) groups excluding carboxylic acids is 1. The third-order valence-electron chi connectivity index (χ3n) is 4.45. The summed E-state index contributed by atoms with van der Waals surface area (Å²) in [6.45, 7) is 0.591. The second kappa shape index (κ2) is 7.77. The Morgan fingerprint density at radius 3 is 2.64 bits per heavy atom. The first-order chi connectivity index (χ1) is 13.6. The Balaban J connectivity index is 1.34. The summed E-state index contributed by atoms with van der Waals surface area (Å²) in [5.41, 5.74) is 0.317. The number of carbonyl (C=O) groups is 1. The zero-order valence-corrected chi connectivity index (χ0v) is 15.8. The molecule has 4 aromatic rings. The van der Waals surface area contributed by atoms with Crippen molar-refractivity contribution in [3.63, 3.8) is 0 Å². The smallest absolute Gasteiger partial charge is 0.273 e. The van der Waals surface area contributed by atoms with Crippen molar-refractivity contribution in [3.8, 4) is 0 Å². The van der Waals surface area contributed by atoms with Gasteiger partial charge in [0.2, 0.25) is 5.91 Å². The molecule has 0 spiro atoms. The zero-order chi connectivity index (χ0) is 19.5. The van der Waals surface area contributed by atoms with Crippen LogP contribution in [0.3, 0.4) is 0 Å². The first-order valence-electron chi connectivity index (χ1n) is 8.95. The molecule has 8 heteroatoms. The molecule has 0 bridgehead atoms. The van der Waals surface area contributed by atoms with Crippen LogP contribution in [-0.2, 0) is 17.8 Å². The van der Waals surface area contributed by atoms with E-state index in [1.165, 1.54) is 4.68 Å². The molecule has 2 N–H and O–H groups in total. The quantitative estimate of drug-likeness (QED) is 0.523. The second-order valence-corrected chi connectivity index (χ2v) is 7.48. The predicted octanol–water partition coefficient (Wildman–Crippen LogP) is 2.05. The molecule has 28 heavy (non-hydrogen) atoms. The van der Waals surface area contributed by atoms with Crippen LogP contribution in [0.25, 0.3) is 21.0 Å². The van der Waals surface area contributed by atoms with Gasteiger partial charge in [-0.3, -0.25) is 19.5 Å². The molecule has 0 saturated carbocycles. The van der Waals surface area contributed by atoms with Gasteiger partial charge in [0.15, 0.2) is 0 Å². The van der Waals surface area contributed by atoms with Crippen molar-refractivity contribution < 1.29 is 4.79 Å². The molecular weight excluding hydrogens is 376 g/mol. The Kier molecular flexibility index (Phi) is 5.03. The van der Waals surface area contributed by atoms with Gasteiger partial charge in [0, 0.05) is 19.4 Å². The first-order valence-corrected chi connectivity index (χ1v) is 9.76. The normalized spacial score (nSPS) is 11.1. The number of aromatic nitrogens is 3. The highest BCUT2D eigenvalue weighted by atomic mass is 32.1. The highest BCUT2D eigenvalue weighted by molar-refractivity contribution is 7.18. The van der Waals surface area contributed by atoms with Crippen molar-refractivity contribution in [3.05, 3.63) is 74.2 Å². The number of H-pyrrole nitrogens is 1. The van der Waals surface area contributed by atoms with Crippen molar-refractivity contribution >= 4 is 38.2 Å². The number of hydrogen-bond donors (Lipinski definition) is 2. The summed E-state index contributed by atoms with van der Waals surface area (Å²) in [6, 6.07) is 14.6. The summed E-state index contributed by atoms with van der Waals surface area (Å²) in [4.78, 5) is 41.1. The summed E-state index contributed by atoms with van der Waals surface area (Å²) in [7, 11) is 0. The van der Waals surface area contributed by atoms with Crippen LogP contribution in [0.4, 0.5) is 0 Å². The number of aryl methyl sites for hydroxylation is 1. The Bertz CT molecular complexity index is 1240. The maximum Gasteiger partial charge on any atom is 0.273 e. The topological polar surface area (TPSA) is 96.9 Å². The predicted molar refractivity (Wildman–Crippen MR) is 110 cm³/mol. The van der Waals surface area contributed by atoms with E-state index in [9.17, 15) is 14.4 Å². The van der Waals surface area contributed by atoms with Crippen molar-refractivity contribution in [2.45, 2.75) is 19.4 Å². The van der Waals surface area contributed by atoms with E-state index in [1.807, 2.05) is 24.3 Å². The molecule has 0 aliphatic heterocycles. The zero-order valence-electron chi connectivity index (χ0n) is 15.0. The van der Waals surface area contributed by atoms with Gasteiger partial charge in [-0.1, -0.05) is 24.3 Å². The van der Waals surface area contributed by atoms with Gasteiger partial charge in [-0.2, -0.15) is 0 Å². The number of aromatic amines is 1. The van der Waals surface area contributed by atoms with Gasteiger partial charge in [-0.25, -0.2) is 9.67 Å². The molecule has 0 aliphatic rings. The van der Waals surface area contributed by atoms with Gasteiger partial charge in [0.1, 0.15) is 0 Å². The monoisotopic (exact) mass is 394 g/mol. The van der Waals surface area contributed by atoms with Crippen molar-refractivity contribution in [2.75, 3.05) is 6.54 Å². The van der Waals surface area contributed by atoms with Gasteiger partial charge < -0.3 is 5.32 Å². The number of para-hydroxylation sites is 1. The standard InChI is InChI=1S/C20H18N4O3S/c25-17(21-11-9-18-22-15-7-3-4-8-16(15)28-18)10-12-24-20(27)14-6-2-1-5-13(14)19(26)23-24/h1-8H,9-12H2,(H,21,25)(H,23,26). The molecule has 0 radical (unpaired) electrons. The number of nitrogens with one attached hydrogen (secondary N) is 2. The first kappa shape index (κ1) is 18.1. The van der Waals surface area contributed by atoms with E-state index in [2.05, 4.69) is 15.4 Å². The van der Waals surface area contributed by atoms with Gasteiger partial charge in [0.25, 0.3) is 11.1 Å². The number of thiazole rings is 1. The van der Waals surface area contributed by atoms with Crippen LogP contribution in [-0.4, -0.2) is 27.2 Å². The van der Waals surface area contributed by atoms with Crippen LogP contribution < -0.4 is 16.4 Å². The lowest BCUT2D eigenvalue weighted by atomic mass is 10.2. The summed E-state index contributed by atoms with van der Waals surface area (Å²) >= 11 is 1.62. The SMILES string of the molecule is O=C(CCn1[nH]c(=O)c2ccccc2c1=O)NCCc1nc2ccccc2s1. The van der Waals surface area contributed by atoms with Crippen LogP contribution in [0.15, 0.2) is 58.1 Å². The average molecular weight is 394 g/mol. The lowest BCUT2D eigenvalue weighted by Crippen LogP contribution is -2.33. The highest BCUT2D eigenvalue weighted by Crippen LogP contribution is 2.21. The molecule has 2 aromatic heterocycles. The maximum absolute atomic E-state index is 12.4. The Hall–Kier alpha value is -3.26. The molecule has 2 aromatic carbocycles. The van der Waals surface area contributed by atoms with E-state index in [-0.39, 0.29) is 30.0 Å². The second-order valence-electron chi connectivity index (χ2n) is 6.37. The van der Waals surface area contributed by atoms with E-state index >= 15 is 0 Å². The van der Waals surface area contributed by atoms with E-state index in [4.69, 9.17) is 0 Å². The van der Waals surface area contributed by atoms with E-state index < -0.39 is 0 Å². The average Bonchev–Trinajstić information content (AvgIpc) is 3.12. The molecule has 0 fully saturated rings. The van der Waals surface area contributed by atoms with Crippen LogP contribution in [0, 0.1) is 0 Å². The fourth-order valence-corrected chi connectivity index (χ4v) is 4.01. The number of amides is 1. The van der Waals surface area contributed by atoms with Crippen LogP contribution in [0.1, 0.15) is 11.4 Å². The summed E-state index contributed by atoms with van der Waals surface area (Å²) in [6.07, 6.45) is 0.756. The third kappa shape index (κ3) is 3.72. The molecule has 0 aliphatic carbocycles. The minimum absolute atomic E-state index is 0.105. The van der Waals surface area contributed by atoms with Crippen LogP contribution >= 0.6 is 11.3 Å². The Labute approximate surface area is 163 Å². The number of rotatable bonds is 6. The van der Waals surface area contributed by atoms with Crippen molar-refractivity contribution in [1.82, 2.24) is 20.1 Å². The van der Waals surface area contributed by atoms with E-state index in [0.29, 0.717) is 23.7 Å². The highest BCUT2D eigenvalue weighted by Gasteiger charge is 2.09. The molecular formula is C20H18N4O3S. The molecule has 1 amide bonds. The number of fused-ring (bicyclic) bond motifs is 2. The van der Waals surface area contributed by atoms with Crippen molar-refractivity contribution in [1.29, 1.82) is 0 Å². The molecule has 2 heterocycles. The Morgan fingerprint density at radius 1 is 1.07 bits per heavy atom. The van der Waals surface area contributed by atoms with Crippen LogP contribution in [0.2, 0.25) is 0 Å². The molecule has 0 saturated heterocycles. The summed E-state index contributed by atoms with van der Waals surface area (Å²) < 4.78 is 2.32. The van der Waals surface area contributed by atoms with Crippen molar-refractivity contribution in [2.24, 2.45) is 0 Å². The van der Waals surface area contributed by atoms with Gasteiger partial charge in [0.05, 0.1) is 32.5 Å². The molecule has 0 atom stereocenters. The summed E-state index contributed by atoms with van der Waals surface area (Å²) in [5.74, 6) is -0.179. The lowest BCUT2D eigenvalue weighted by molar-refractivity contribution is -0.121. The molecule has 0 unspecified atom stereocenters. The van der Waals surface area contributed by atoms with Gasteiger partial charge in [-0.15, -0.1) is 11.3 Å².